The molecular weight excluding hydrogens is 316 g/mol. The molecule has 1 fully saturated rings. The summed E-state index contributed by atoms with van der Waals surface area (Å²) in [5.74, 6) is 0.576. The first-order valence-corrected chi connectivity index (χ1v) is 8.26. The topological polar surface area (TPSA) is 88.2 Å². The van der Waals surface area contributed by atoms with Crippen LogP contribution in [0.1, 0.15) is 12.8 Å². The van der Waals surface area contributed by atoms with Crippen LogP contribution in [0.5, 0.6) is 0 Å². The van der Waals surface area contributed by atoms with E-state index in [-0.39, 0.29) is 12.1 Å². The summed E-state index contributed by atoms with van der Waals surface area (Å²) in [5, 5.41) is 18.1. The number of nitrogens with zero attached hydrogens (tertiary/aromatic N) is 5. The number of hydrogen-bond acceptors (Lipinski definition) is 6. The van der Waals surface area contributed by atoms with Crippen molar-refractivity contribution in [2.45, 2.75) is 25.0 Å². The van der Waals surface area contributed by atoms with Crippen molar-refractivity contribution in [3.8, 4) is 11.1 Å². The molecule has 0 spiro atoms. The minimum atomic E-state index is -0.200. The first kappa shape index (κ1) is 14.3. The summed E-state index contributed by atoms with van der Waals surface area (Å²) in [7, 11) is 0. The van der Waals surface area contributed by atoms with Gasteiger partial charge in [0.25, 0.3) is 0 Å². The van der Waals surface area contributed by atoms with Crippen LogP contribution >= 0.6 is 0 Å². The zero-order chi connectivity index (χ0) is 16.8. The maximum atomic E-state index is 9.38. The summed E-state index contributed by atoms with van der Waals surface area (Å²) in [4.78, 5) is 13.1. The van der Waals surface area contributed by atoms with Gasteiger partial charge in [0.15, 0.2) is 5.65 Å². The Morgan fingerprint density at radius 3 is 2.92 bits per heavy atom. The number of nitrogens with one attached hydrogen (secondary N) is 1. The van der Waals surface area contributed by atoms with Crippen molar-refractivity contribution in [3.05, 3.63) is 49.1 Å². The highest BCUT2D eigenvalue weighted by atomic mass is 16.3. The van der Waals surface area contributed by atoms with Gasteiger partial charge in [-0.25, -0.2) is 19.5 Å². The molecule has 0 amide bonds. The fourth-order valence-electron chi connectivity index (χ4n) is 3.21. The third kappa shape index (κ3) is 2.49. The molecule has 2 N–H and O–H groups in total. The average Bonchev–Trinajstić information content (AvgIpc) is 3.03. The zero-order valence-electron chi connectivity index (χ0n) is 13.4. The number of rotatable bonds is 3. The zero-order valence-corrected chi connectivity index (χ0v) is 13.4. The molecule has 124 valence electrons. The predicted molar refractivity (Wildman–Crippen MR) is 94.2 cm³/mol. The predicted octanol–water partition coefficient (Wildman–Crippen LogP) is 2.27. The highest BCUT2D eigenvalue weighted by Crippen LogP contribution is 2.27. The Morgan fingerprint density at radius 2 is 2.04 bits per heavy atom. The van der Waals surface area contributed by atoms with E-state index in [2.05, 4.69) is 31.4 Å². The maximum absolute atomic E-state index is 9.38. The molecular formula is C18H16N6O. The molecule has 1 aliphatic carbocycles. The molecule has 0 radical (unpaired) electrons. The van der Waals surface area contributed by atoms with Crippen molar-refractivity contribution < 1.29 is 5.11 Å². The highest BCUT2D eigenvalue weighted by Gasteiger charge is 2.27. The van der Waals surface area contributed by atoms with E-state index in [9.17, 15) is 5.11 Å². The largest absolute Gasteiger partial charge is 0.393 e. The van der Waals surface area contributed by atoms with Crippen molar-refractivity contribution in [1.29, 1.82) is 0 Å². The molecule has 0 bridgehead atoms. The summed E-state index contributed by atoms with van der Waals surface area (Å²) in [6.45, 7) is 0. The Balaban J connectivity index is 1.50. The molecule has 4 heterocycles. The van der Waals surface area contributed by atoms with Gasteiger partial charge in [0.05, 0.1) is 17.8 Å². The highest BCUT2D eigenvalue weighted by molar-refractivity contribution is 5.86. The van der Waals surface area contributed by atoms with Crippen LogP contribution in [-0.4, -0.2) is 41.8 Å². The SMILES string of the molecule is O[C@H]1C[C@@H](Nc2ncc3c(-c4cnc5ncccc5c4)ccn3n2)C1. The number of aliphatic hydroxyl groups is 1. The van der Waals surface area contributed by atoms with Crippen LogP contribution in [0.3, 0.4) is 0 Å². The Labute approximate surface area is 143 Å². The van der Waals surface area contributed by atoms with Gasteiger partial charge in [-0.05, 0) is 37.1 Å². The number of fused-ring (bicyclic) bond motifs is 2. The molecule has 7 heteroatoms. The van der Waals surface area contributed by atoms with E-state index in [1.807, 2.05) is 41.3 Å². The first-order chi connectivity index (χ1) is 12.3. The standard InChI is InChI=1S/C18H16N6O/c25-14-7-13(8-14)22-18-21-10-16-15(3-5-24(16)23-18)12-6-11-2-1-4-19-17(11)20-9-12/h1-6,9-10,13-14,25H,7-8H2,(H,22,23)/t13-,14+. The lowest BCUT2D eigenvalue weighted by Crippen LogP contribution is -2.39. The molecule has 0 atom stereocenters. The molecule has 0 unspecified atom stereocenters. The molecule has 1 saturated carbocycles. The van der Waals surface area contributed by atoms with E-state index in [4.69, 9.17) is 0 Å². The van der Waals surface area contributed by atoms with E-state index in [1.54, 1.807) is 6.20 Å². The van der Waals surface area contributed by atoms with Gasteiger partial charge in [-0.2, -0.15) is 0 Å². The Bertz CT molecular complexity index is 1070. The summed E-state index contributed by atoms with van der Waals surface area (Å²) < 4.78 is 1.81. The smallest absolute Gasteiger partial charge is 0.241 e. The fraction of sp³-hybridized carbons (Fsp3) is 0.222. The molecule has 0 aromatic carbocycles. The van der Waals surface area contributed by atoms with E-state index in [0.717, 1.165) is 40.5 Å². The van der Waals surface area contributed by atoms with Crippen molar-refractivity contribution in [2.24, 2.45) is 0 Å². The molecule has 4 aromatic rings. The Morgan fingerprint density at radius 1 is 1.12 bits per heavy atom. The van der Waals surface area contributed by atoms with Gasteiger partial charge in [-0.3, -0.25) is 0 Å². The van der Waals surface area contributed by atoms with Gasteiger partial charge >= 0.3 is 0 Å². The monoisotopic (exact) mass is 332 g/mol. The third-order valence-electron chi connectivity index (χ3n) is 4.63. The minimum absolute atomic E-state index is 0.200. The van der Waals surface area contributed by atoms with Gasteiger partial charge in [0.2, 0.25) is 5.95 Å². The van der Waals surface area contributed by atoms with E-state index < -0.39 is 0 Å². The van der Waals surface area contributed by atoms with Crippen LogP contribution in [0.2, 0.25) is 0 Å². The van der Waals surface area contributed by atoms with Crippen molar-refractivity contribution in [2.75, 3.05) is 5.32 Å². The Hall–Kier alpha value is -3.06. The van der Waals surface area contributed by atoms with Gasteiger partial charge < -0.3 is 10.4 Å². The van der Waals surface area contributed by atoms with Crippen LogP contribution in [0.25, 0.3) is 27.7 Å². The van der Waals surface area contributed by atoms with Gasteiger partial charge in [0, 0.05) is 41.1 Å². The lowest BCUT2D eigenvalue weighted by atomic mass is 9.90. The minimum Gasteiger partial charge on any atom is -0.393 e. The molecule has 0 saturated heterocycles. The van der Waals surface area contributed by atoms with Crippen molar-refractivity contribution in [1.82, 2.24) is 24.6 Å². The van der Waals surface area contributed by atoms with E-state index >= 15 is 0 Å². The van der Waals surface area contributed by atoms with E-state index in [0.29, 0.717) is 5.95 Å². The summed E-state index contributed by atoms with van der Waals surface area (Å²) in [5.41, 5.74) is 3.70. The molecule has 4 aromatic heterocycles. The molecule has 1 aliphatic rings. The quantitative estimate of drug-likeness (QED) is 0.598. The number of hydrogen-bond donors (Lipinski definition) is 2. The van der Waals surface area contributed by atoms with Gasteiger partial charge in [0.1, 0.15) is 0 Å². The third-order valence-corrected chi connectivity index (χ3v) is 4.63. The lowest BCUT2D eigenvalue weighted by molar-refractivity contribution is 0.0833. The van der Waals surface area contributed by atoms with Crippen LogP contribution in [0.15, 0.2) is 49.1 Å². The van der Waals surface area contributed by atoms with Gasteiger partial charge in [-0.1, -0.05) is 0 Å². The van der Waals surface area contributed by atoms with E-state index in [1.165, 1.54) is 0 Å². The van der Waals surface area contributed by atoms with Gasteiger partial charge in [-0.15, -0.1) is 5.10 Å². The normalized spacial score (nSPS) is 19.9. The Kier molecular flexibility index (Phi) is 3.14. The van der Waals surface area contributed by atoms with Crippen LogP contribution in [-0.2, 0) is 0 Å². The second kappa shape index (κ2) is 5.49. The summed E-state index contributed by atoms with van der Waals surface area (Å²) >= 11 is 0. The molecule has 0 aliphatic heterocycles. The molecule has 7 nitrogen and oxygen atoms in total. The second-order valence-corrected chi connectivity index (χ2v) is 6.38. The second-order valence-electron chi connectivity index (χ2n) is 6.38. The number of aliphatic hydroxyl groups excluding tert-OH is 1. The lowest BCUT2D eigenvalue weighted by Gasteiger charge is -2.31. The van der Waals surface area contributed by atoms with Crippen LogP contribution in [0, 0.1) is 0 Å². The number of aromatic nitrogens is 5. The maximum Gasteiger partial charge on any atom is 0.241 e. The summed E-state index contributed by atoms with van der Waals surface area (Å²) in [6, 6.07) is 8.25. The van der Waals surface area contributed by atoms with Crippen LogP contribution in [0.4, 0.5) is 5.95 Å². The molecule has 5 rings (SSSR count). The fourth-order valence-corrected chi connectivity index (χ4v) is 3.21. The molecule has 25 heavy (non-hydrogen) atoms. The number of anilines is 1. The van der Waals surface area contributed by atoms with Crippen molar-refractivity contribution >= 4 is 22.5 Å². The number of pyridine rings is 2. The van der Waals surface area contributed by atoms with Crippen LogP contribution < -0.4 is 5.32 Å². The average molecular weight is 332 g/mol. The van der Waals surface area contributed by atoms with Crippen molar-refractivity contribution in [3.63, 3.8) is 0 Å². The first-order valence-electron chi connectivity index (χ1n) is 8.26. The summed E-state index contributed by atoms with van der Waals surface area (Å²) in [6.07, 6.45) is 8.59.